The van der Waals surface area contributed by atoms with E-state index in [2.05, 4.69) is 41.5 Å². The predicted molar refractivity (Wildman–Crippen MR) is 108 cm³/mol. The molecule has 7 nitrogen and oxygen atoms in total. The zero-order valence-electron chi connectivity index (χ0n) is 16.5. The Kier molecular flexibility index (Phi) is 4.56. The number of benzene rings is 2. The number of hydrogen-bond acceptors (Lipinski definition) is 5. The third-order valence-electron chi connectivity index (χ3n) is 5.84. The van der Waals surface area contributed by atoms with Crippen molar-refractivity contribution in [3.05, 3.63) is 59.2 Å². The summed E-state index contributed by atoms with van der Waals surface area (Å²) in [6, 6.07) is 14.0. The van der Waals surface area contributed by atoms with E-state index in [0.717, 1.165) is 11.0 Å². The Hall–Kier alpha value is -2.77. The van der Waals surface area contributed by atoms with E-state index in [1.54, 1.807) is 0 Å². The van der Waals surface area contributed by atoms with Crippen LogP contribution in [0.4, 0.5) is 0 Å². The van der Waals surface area contributed by atoms with Gasteiger partial charge in [-0.05, 0) is 30.7 Å². The highest BCUT2D eigenvalue weighted by Gasteiger charge is 2.40. The average molecular weight is 392 g/mol. The van der Waals surface area contributed by atoms with Gasteiger partial charge in [0.15, 0.2) is 5.79 Å². The van der Waals surface area contributed by atoms with Crippen LogP contribution < -0.4 is 0 Å². The number of carbonyl (C=O) groups is 1. The third-order valence-corrected chi connectivity index (χ3v) is 5.84. The fraction of sp³-hybridized carbons (Fsp3) is 0.409. The summed E-state index contributed by atoms with van der Waals surface area (Å²) in [5.74, 6) is -0.452. The molecule has 29 heavy (non-hydrogen) atoms. The average Bonchev–Trinajstić information content (AvgIpc) is 3.37. The molecular formula is C22H24N4O3. The standard InChI is InChI=1S/C22H24N4O3/c1-16-2-4-17(5-3-16)15-26-20-7-6-18(14-19(20)23-24-26)21(27)25-10-8-22(9-11-25)28-12-13-29-22/h2-7,14H,8-13,15H2,1H3. The van der Waals surface area contributed by atoms with Crippen LogP contribution in [0.1, 0.15) is 34.3 Å². The maximum Gasteiger partial charge on any atom is 0.253 e. The zero-order valence-corrected chi connectivity index (χ0v) is 16.5. The summed E-state index contributed by atoms with van der Waals surface area (Å²) in [5.41, 5.74) is 4.70. The first kappa shape index (κ1) is 18.3. The molecule has 150 valence electrons. The number of amides is 1. The number of hydrogen-bond donors (Lipinski definition) is 0. The molecule has 1 aromatic heterocycles. The molecule has 2 aliphatic heterocycles. The smallest absolute Gasteiger partial charge is 0.253 e. The van der Waals surface area contributed by atoms with Crippen LogP contribution in [0.3, 0.4) is 0 Å². The van der Waals surface area contributed by atoms with E-state index in [0.29, 0.717) is 51.3 Å². The summed E-state index contributed by atoms with van der Waals surface area (Å²) in [5, 5.41) is 8.56. The van der Waals surface area contributed by atoms with Gasteiger partial charge in [0.25, 0.3) is 5.91 Å². The topological polar surface area (TPSA) is 69.5 Å². The molecule has 5 rings (SSSR count). The summed E-state index contributed by atoms with van der Waals surface area (Å²) in [6.45, 7) is 5.28. The second-order valence-electron chi connectivity index (χ2n) is 7.84. The summed E-state index contributed by atoms with van der Waals surface area (Å²) in [4.78, 5) is 14.8. The Morgan fingerprint density at radius 1 is 1.07 bits per heavy atom. The Morgan fingerprint density at radius 2 is 1.79 bits per heavy atom. The van der Waals surface area contributed by atoms with Crippen LogP contribution in [-0.2, 0) is 16.0 Å². The summed E-state index contributed by atoms with van der Waals surface area (Å²) in [7, 11) is 0. The summed E-state index contributed by atoms with van der Waals surface area (Å²) in [6.07, 6.45) is 1.43. The number of aromatic nitrogens is 3. The highest BCUT2D eigenvalue weighted by atomic mass is 16.7. The quantitative estimate of drug-likeness (QED) is 0.686. The van der Waals surface area contributed by atoms with Gasteiger partial charge in [0.1, 0.15) is 5.52 Å². The second kappa shape index (κ2) is 7.24. The number of rotatable bonds is 3. The Labute approximate surface area is 169 Å². The van der Waals surface area contributed by atoms with Gasteiger partial charge in [-0.1, -0.05) is 35.0 Å². The first-order valence-electron chi connectivity index (χ1n) is 10.1. The number of fused-ring (bicyclic) bond motifs is 1. The molecule has 3 aromatic rings. The van der Waals surface area contributed by atoms with Crippen LogP contribution in [0.2, 0.25) is 0 Å². The lowest BCUT2D eigenvalue weighted by Gasteiger charge is -2.37. The molecule has 1 amide bonds. The molecule has 2 fully saturated rings. The molecule has 7 heteroatoms. The highest BCUT2D eigenvalue weighted by molar-refractivity contribution is 5.97. The van der Waals surface area contributed by atoms with Crippen LogP contribution in [0.5, 0.6) is 0 Å². The van der Waals surface area contributed by atoms with Gasteiger partial charge in [0.05, 0.1) is 25.3 Å². The minimum Gasteiger partial charge on any atom is -0.347 e. The summed E-state index contributed by atoms with van der Waals surface area (Å²) < 4.78 is 13.4. The van der Waals surface area contributed by atoms with Crippen LogP contribution in [-0.4, -0.2) is 57.9 Å². The molecule has 0 unspecified atom stereocenters. The molecule has 0 saturated carbocycles. The monoisotopic (exact) mass is 392 g/mol. The maximum atomic E-state index is 13.0. The SMILES string of the molecule is Cc1ccc(Cn2nnc3cc(C(=O)N4CCC5(CC4)OCCO5)ccc32)cc1. The van der Waals surface area contributed by atoms with Gasteiger partial charge in [-0.25, -0.2) is 4.68 Å². The number of piperidine rings is 1. The Bertz CT molecular complexity index is 1030. The highest BCUT2D eigenvalue weighted by Crippen LogP contribution is 2.31. The molecule has 0 atom stereocenters. The van der Waals surface area contributed by atoms with Crippen molar-refractivity contribution in [2.75, 3.05) is 26.3 Å². The van der Waals surface area contributed by atoms with Gasteiger partial charge in [-0.2, -0.15) is 0 Å². The molecule has 3 heterocycles. The molecular weight excluding hydrogens is 368 g/mol. The number of ether oxygens (including phenoxy) is 2. The van der Waals surface area contributed by atoms with E-state index in [4.69, 9.17) is 9.47 Å². The molecule has 0 bridgehead atoms. The fourth-order valence-corrected chi connectivity index (χ4v) is 4.11. The molecule has 0 aliphatic carbocycles. The number of likely N-dealkylation sites (tertiary alicyclic amines) is 1. The molecule has 2 aliphatic rings. The van der Waals surface area contributed by atoms with E-state index in [1.807, 2.05) is 27.8 Å². The minimum absolute atomic E-state index is 0.0211. The first-order valence-corrected chi connectivity index (χ1v) is 10.1. The van der Waals surface area contributed by atoms with Crippen molar-refractivity contribution < 1.29 is 14.3 Å². The third kappa shape index (κ3) is 3.52. The number of aryl methyl sites for hydroxylation is 1. The van der Waals surface area contributed by atoms with E-state index >= 15 is 0 Å². The lowest BCUT2D eigenvalue weighted by molar-refractivity contribution is -0.181. The van der Waals surface area contributed by atoms with Crippen molar-refractivity contribution in [2.24, 2.45) is 0 Å². The van der Waals surface area contributed by atoms with E-state index < -0.39 is 5.79 Å². The molecule has 2 saturated heterocycles. The van der Waals surface area contributed by atoms with E-state index in [9.17, 15) is 4.79 Å². The van der Waals surface area contributed by atoms with Gasteiger partial charge >= 0.3 is 0 Å². The van der Waals surface area contributed by atoms with Crippen LogP contribution in [0.25, 0.3) is 11.0 Å². The van der Waals surface area contributed by atoms with Crippen LogP contribution >= 0.6 is 0 Å². The van der Waals surface area contributed by atoms with E-state index in [1.165, 1.54) is 11.1 Å². The van der Waals surface area contributed by atoms with E-state index in [-0.39, 0.29) is 5.91 Å². The molecule has 2 aromatic carbocycles. The van der Waals surface area contributed by atoms with Gasteiger partial charge in [0.2, 0.25) is 0 Å². The maximum absolute atomic E-state index is 13.0. The Morgan fingerprint density at radius 3 is 2.52 bits per heavy atom. The van der Waals surface area contributed by atoms with Crippen LogP contribution in [0, 0.1) is 6.92 Å². The normalized spacial score (nSPS) is 18.6. The number of carbonyl (C=O) groups excluding carboxylic acids is 1. The Balaban J connectivity index is 1.31. The van der Waals surface area contributed by atoms with Gasteiger partial charge in [0, 0.05) is 31.5 Å². The largest absolute Gasteiger partial charge is 0.347 e. The van der Waals surface area contributed by atoms with Crippen molar-refractivity contribution in [2.45, 2.75) is 32.1 Å². The summed E-state index contributed by atoms with van der Waals surface area (Å²) >= 11 is 0. The van der Waals surface area contributed by atoms with Gasteiger partial charge < -0.3 is 14.4 Å². The fourth-order valence-electron chi connectivity index (χ4n) is 4.11. The molecule has 0 N–H and O–H groups in total. The number of nitrogens with zero attached hydrogens (tertiary/aromatic N) is 4. The van der Waals surface area contributed by atoms with Crippen molar-refractivity contribution in [3.63, 3.8) is 0 Å². The lowest BCUT2D eigenvalue weighted by Crippen LogP contribution is -2.47. The van der Waals surface area contributed by atoms with Crippen molar-refractivity contribution >= 4 is 16.9 Å². The molecule has 0 radical (unpaired) electrons. The second-order valence-corrected chi connectivity index (χ2v) is 7.84. The predicted octanol–water partition coefficient (Wildman–Crippen LogP) is 2.77. The van der Waals surface area contributed by atoms with Crippen molar-refractivity contribution in [1.29, 1.82) is 0 Å². The van der Waals surface area contributed by atoms with Crippen molar-refractivity contribution in [1.82, 2.24) is 19.9 Å². The van der Waals surface area contributed by atoms with Crippen LogP contribution in [0.15, 0.2) is 42.5 Å². The minimum atomic E-state index is -0.473. The zero-order chi connectivity index (χ0) is 19.8. The van der Waals surface area contributed by atoms with Gasteiger partial charge in [-0.3, -0.25) is 4.79 Å². The molecule has 1 spiro atoms. The first-order chi connectivity index (χ1) is 14.1. The van der Waals surface area contributed by atoms with Gasteiger partial charge in [-0.15, -0.1) is 5.10 Å². The van der Waals surface area contributed by atoms with Crippen molar-refractivity contribution in [3.8, 4) is 0 Å². The lowest BCUT2D eigenvalue weighted by atomic mass is 10.0.